The van der Waals surface area contributed by atoms with E-state index >= 15 is 0 Å². The van der Waals surface area contributed by atoms with Crippen molar-refractivity contribution in [2.75, 3.05) is 38.5 Å². The number of aromatic nitrogens is 2. The lowest BCUT2D eigenvalue weighted by atomic mass is 10.0. The molecule has 0 spiro atoms. The molecule has 2 heterocycles. The number of carbonyl (C=O) groups is 6. The summed E-state index contributed by atoms with van der Waals surface area (Å²) in [6.45, 7) is 5.27. The molecule has 292 valence electrons. The van der Waals surface area contributed by atoms with Gasteiger partial charge in [0.15, 0.2) is 11.0 Å². The van der Waals surface area contributed by atoms with Gasteiger partial charge in [0.25, 0.3) is 0 Å². The molecule has 54 heavy (non-hydrogen) atoms. The number of fused-ring (bicyclic) bond motifs is 1. The van der Waals surface area contributed by atoms with Gasteiger partial charge >= 0.3 is 5.16 Å². The lowest BCUT2D eigenvalue weighted by molar-refractivity contribution is -0.685. The SMILES string of the molecule is CCCN(CC(=O)N[C@@H](CSc1n(C)c2ccccc2[n+]1C)C(N)=O)C(=O)C1CCCN1C(=O)CN(CCC)C(=O)[C@H](Cc1ccc(O)cc1)NC(C)=O. The van der Waals surface area contributed by atoms with Crippen LogP contribution in [0.3, 0.4) is 0 Å². The summed E-state index contributed by atoms with van der Waals surface area (Å²) in [5.74, 6) is -2.63. The van der Waals surface area contributed by atoms with E-state index in [0.29, 0.717) is 37.8 Å². The van der Waals surface area contributed by atoms with Gasteiger partial charge in [-0.25, -0.2) is 9.13 Å². The number of hydrogen-bond acceptors (Lipinski definition) is 8. The Labute approximate surface area is 320 Å². The summed E-state index contributed by atoms with van der Waals surface area (Å²) in [5, 5.41) is 15.9. The lowest BCUT2D eigenvalue weighted by Crippen LogP contribution is -2.55. The smallest absolute Gasteiger partial charge is 0.318 e. The number of aromatic hydroxyl groups is 1. The number of benzene rings is 2. The zero-order valence-corrected chi connectivity index (χ0v) is 32.6. The third-order valence-electron chi connectivity index (χ3n) is 9.42. The quantitative estimate of drug-likeness (QED) is 0.109. The van der Waals surface area contributed by atoms with Crippen LogP contribution in [0.25, 0.3) is 11.0 Å². The number of nitrogens with one attached hydrogen (secondary N) is 2. The van der Waals surface area contributed by atoms with Crippen LogP contribution in [-0.2, 0) is 49.3 Å². The first-order valence-corrected chi connectivity index (χ1v) is 19.3. The monoisotopic (exact) mass is 765 g/mol. The van der Waals surface area contributed by atoms with Crippen molar-refractivity contribution in [2.24, 2.45) is 19.8 Å². The summed E-state index contributed by atoms with van der Waals surface area (Å²) in [7, 11) is 3.85. The third kappa shape index (κ3) is 10.5. The van der Waals surface area contributed by atoms with Gasteiger partial charge in [0.05, 0.1) is 27.2 Å². The Morgan fingerprint density at radius 1 is 0.963 bits per heavy atom. The van der Waals surface area contributed by atoms with Crippen molar-refractivity contribution < 1.29 is 38.4 Å². The van der Waals surface area contributed by atoms with E-state index in [-0.39, 0.29) is 50.0 Å². The van der Waals surface area contributed by atoms with Crippen molar-refractivity contribution in [3.8, 4) is 5.75 Å². The van der Waals surface area contributed by atoms with Crippen molar-refractivity contribution in [3.05, 3.63) is 54.1 Å². The minimum Gasteiger partial charge on any atom is -0.508 e. The average molecular weight is 766 g/mol. The second kappa shape index (κ2) is 19.3. The van der Waals surface area contributed by atoms with Gasteiger partial charge in [-0.15, -0.1) is 0 Å². The molecule has 4 rings (SSSR count). The number of phenolic OH excluding ortho intramolecular Hbond substituents is 1. The zero-order valence-electron chi connectivity index (χ0n) is 31.7. The molecule has 6 amide bonds. The molecule has 1 saturated heterocycles. The number of aryl methyl sites for hydroxylation is 2. The van der Waals surface area contributed by atoms with Gasteiger partial charge in [-0.05, 0) is 67.3 Å². The summed E-state index contributed by atoms with van der Waals surface area (Å²) >= 11 is 1.38. The lowest BCUT2D eigenvalue weighted by Gasteiger charge is -2.32. The molecule has 5 N–H and O–H groups in total. The standard InChI is InChI=1S/C38H52N8O7S/c1-6-18-44(22-33(49)41-29(35(39)51)24-54-38-42(4)30-11-8-9-12-31(30)43(38)5)37(53)32-13-10-20-46(32)34(50)23-45(19-7-2)36(52)28(40-25(3)47)21-26-14-16-27(48)17-15-26/h8-9,11-12,14-17,28-29,32H,6-7,10,13,18-24H2,1-5H3,(H4-,39,40,41,47,48,49,51)/p+1/t28-,29-,32?/m0/s1. The van der Waals surface area contributed by atoms with Crippen molar-refractivity contribution in [1.29, 1.82) is 0 Å². The predicted octanol–water partition coefficient (Wildman–Crippen LogP) is 0.986. The van der Waals surface area contributed by atoms with E-state index in [1.54, 1.807) is 12.1 Å². The molecule has 0 bridgehead atoms. The fourth-order valence-corrected chi connectivity index (χ4v) is 7.96. The fourth-order valence-electron chi connectivity index (χ4n) is 6.82. The van der Waals surface area contributed by atoms with E-state index in [1.165, 1.54) is 45.5 Å². The number of nitrogens with zero attached hydrogens (tertiary/aromatic N) is 5. The van der Waals surface area contributed by atoms with Gasteiger partial charge < -0.3 is 36.2 Å². The Balaban J connectivity index is 1.41. The number of imidazole rings is 1. The van der Waals surface area contributed by atoms with Gasteiger partial charge in [-0.3, -0.25) is 28.8 Å². The maximum absolute atomic E-state index is 14.0. The molecule has 3 atom stereocenters. The van der Waals surface area contributed by atoms with Crippen LogP contribution in [0.2, 0.25) is 0 Å². The highest BCUT2D eigenvalue weighted by molar-refractivity contribution is 7.99. The van der Waals surface area contributed by atoms with Crippen LogP contribution < -0.4 is 20.9 Å². The number of phenols is 1. The highest BCUT2D eigenvalue weighted by Gasteiger charge is 2.38. The summed E-state index contributed by atoms with van der Waals surface area (Å²) in [6, 6.07) is 11.4. The first kappa shape index (κ1) is 41.6. The summed E-state index contributed by atoms with van der Waals surface area (Å²) in [6.07, 6.45) is 2.22. The number of thioether (sulfide) groups is 1. The molecule has 2 aromatic carbocycles. The molecule has 1 aromatic heterocycles. The Kier molecular flexibility index (Phi) is 14.9. The van der Waals surface area contributed by atoms with Gasteiger partial charge in [-0.2, -0.15) is 0 Å². The first-order valence-electron chi connectivity index (χ1n) is 18.3. The van der Waals surface area contributed by atoms with E-state index in [4.69, 9.17) is 5.73 Å². The zero-order chi connectivity index (χ0) is 39.5. The predicted molar refractivity (Wildman–Crippen MR) is 204 cm³/mol. The molecule has 1 aliphatic rings. The highest BCUT2D eigenvalue weighted by Crippen LogP contribution is 2.23. The number of primary amides is 1. The van der Waals surface area contributed by atoms with Crippen molar-refractivity contribution in [1.82, 2.24) is 29.9 Å². The van der Waals surface area contributed by atoms with Crippen molar-refractivity contribution in [3.63, 3.8) is 0 Å². The second-order valence-corrected chi connectivity index (χ2v) is 14.6. The maximum Gasteiger partial charge on any atom is 0.318 e. The molecule has 15 nitrogen and oxygen atoms in total. The number of para-hydroxylation sites is 2. The molecule has 3 aromatic rings. The Morgan fingerprint density at radius 3 is 2.26 bits per heavy atom. The fraction of sp³-hybridized carbons (Fsp3) is 0.500. The summed E-state index contributed by atoms with van der Waals surface area (Å²) < 4.78 is 4.01. The van der Waals surface area contributed by atoms with E-state index in [0.717, 1.165) is 16.2 Å². The highest BCUT2D eigenvalue weighted by atomic mass is 32.2. The molecule has 1 unspecified atom stereocenters. The molecule has 0 radical (unpaired) electrons. The number of amides is 6. The Morgan fingerprint density at radius 2 is 1.63 bits per heavy atom. The summed E-state index contributed by atoms with van der Waals surface area (Å²) in [5.41, 5.74) is 8.45. The number of hydrogen-bond donors (Lipinski definition) is 4. The minimum atomic E-state index is -0.999. The van der Waals surface area contributed by atoms with E-state index in [2.05, 4.69) is 10.6 Å². The van der Waals surface area contributed by atoms with Gasteiger partial charge in [0, 0.05) is 38.7 Å². The molecule has 1 fully saturated rings. The van der Waals surface area contributed by atoms with Crippen LogP contribution in [0.4, 0.5) is 0 Å². The van der Waals surface area contributed by atoms with Crippen LogP contribution in [-0.4, -0.2) is 116 Å². The molecule has 0 aliphatic carbocycles. The molecule has 1 aliphatic heterocycles. The van der Waals surface area contributed by atoms with Gasteiger partial charge in [0.2, 0.25) is 35.4 Å². The van der Waals surface area contributed by atoms with Crippen LogP contribution in [0.1, 0.15) is 52.0 Å². The summed E-state index contributed by atoms with van der Waals surface area (Å²) in [4.78, 5) is 83.7. The maximum atomic E-state index is 14.0. The van der Waals surface area contributed by atoms with Gasteiger partial charge in [-0.1, -0.05) is 38.1 Å². The van der Waals surface area contributed by atoms with Gasteiger partial charge in [0.1, 0.15) is 23.9 Å². The number of carbonyl (C=O) groups excluding carboxylic acids is 6. The number of likely N-dealkylation sites (tertiary alicyclic amines) is 1. The van der Waals surface area contributed by atoms with E-state index in [9.17, 15) is 33.9 Å². The Hall–Kier alpha value is -5.12. The number of nitrogens with two attached hydrogens (primary N) is 1. The third-order valence-corrected chi connectivity index (χ3v) is 10.7. The molecule has 16 heteroatoms. The van der Waals surface area contributed by atoms with Crippen LogP contribution in [0.5, 0.6) is 5.75 Å². The molecule has 0 saturated carbocycles. The Bertz CT molecular complexity index is 1790. The first-order chi connectivity index (χ1) is 25.7. The molecular formula is C38H53N8O7S+. The topological polar surface area (TPSA) is 191 Å². The van der Waals surface area contributed by atoms with Crippen molar-refractivity contribution >= 4 is 58.2 Å². The minimum absolute atomic E-state index is 0.0724. The average Bonchev–Trinajstić information content (AvgIpc) is 3.72. The van der Waals surface area contributed by atoms with E-state index in [1.807, 2.05) is 61.3 Å². The van der Waals surface area contributed by atoms with Crippen molar-refractivity contribution in [2.45, 2.75) is 76.2 Å². The normalized spacial score (nSPS) is 15.1. The van der Waals surface area contributed by atoms with Crippen LogP contribution in [0.15, 0.2) is 53.7 Å². The van der Waals surface area contributed by atoms with Crippen LogP contribution >= 0.6 is 11.8 Å². The molecular weight excluding hydrogens is 713 g/mol. The van der Waals surface area contributed by atoms with Crippen LogP contribution in [0, 0.1) is 0 Å². The van der Waals surface area contributed by atoms with E-state index < -0.39 is 47.7 Å². The largest absolute Gasteiger partial charge is 0.508 e. The number of rotatable bonds is 18. The second-order valence-electron chi connectivity index (χ2n) is 13.6.